The molecule has 0 radical (unpaired) electrons. The third kappa shape index (κ3) is 4.93. The number of hydrogen-bond acceptors (Lipinski definition) is 3. The molecular weight excluding hydrogens is 296 g/mol. The van der Waals surface area contributed by atoms with E-state index in [4.69, 9.17) is 21.7 Å². The van der Waals surface area contributed by atoms with Gasteiger partial charge in [-0.2, -0.15) is 0 Å². The van der Waals surface area contributed by atoms with E-state index in [0.29, 0.717) is 18.3 Å². The van der Waals surface area contributed by atoms with Crippen molar-refractivity contribution in [3.8, 4) is 11.5 Å². The Labute approximate surface area is 136 Å². The highest BCUT2D eigenvalue weighted by atomic mass is 32.1. The van der Waals surface area contributed by atoms with Crippen molar-refractivity contribution in [3.05, 3.63) is 54.1 Å². The molecule has 4 nitrogen and oxygen atoms in total. The van der Waals surface area contributed by atoms with Gasteiger partial charge < -0.3 is 20.1 Å². The zero-order chi connectivity index (χ0) is 15.8. The average molecular weight is 316 g/mol. The minimum atomic E-state index is 0.583. The Morgan fingerprint density at radius 2 is 1.64 bits per heavy atom. The Morgan fingerprint density at radius 1 is 1.00 bits per heavy atom. The summed E-state index contributed by atoms with van der Waals surface area (Å²) in [5.41, 5.74) is 2.06. The Kier molecular flexibility index (Phi) is 6.03. The van der Waals surface area contributed by atoms with Gasteiger partial charge in [0.1, 0.15) is 11.5 Å². The minimum absolute atomic E-state index is 0.583. The number of rotatable bonds is 6. The zero-order valence-electron chi connectivity index (χ0n) is 12.8. The summed E-state index contributed by atoms with van der Waals surface area (Å²) in [6.45, 7) is 3.28. The van der Waals surface area contributed by atoms with Crippen LogP contribution in [0, 0.1) is 0 Å². The van der Waals surface area contributed by atoms with Gasteiger partial charge >= 0.3 is 0 Å². The Bertz CT molecular complexity index is 597. The molecule has 0 unspecified atom stereocenters. The average Bonchev–Trinajstić information content (AvgIpc) is 2.55. The fraction of sp³-hybridized carbons (Fsp3) is 0.235. The van der Waals surface area contributed by atoms with Crippen molar-refractivity contribution in [3.63, 3.8) is 0 Å². The maximum Gasteiger partial charge on any atom is 0.171 e. The maximum absolute atomic E-state index is 5.40. The zero-order valence-corrected chi connectivity index (χ0v) is 13.6. The van der Waals surface area contributed by atoms with Crippen LogP contribution in [0.25, 0.3) is 0 Å². The van der Waals surface area contributed by atoms with Gasteiger partial charge in [-0.1, -0.05) is 12.1 Å². The molecular formula is C17H20N2O2S. The van der Waals surface area contributed by atoms with Crippen LogP contribution < -0.4 is 20.1 Å². The highest BCUT2D eigenvalue weighted by Crippen LogP contribution is 2.15. The number of nitrogens with one attached hydrogen (secondary N) is 2. The summed E-state index contributed by atoms with van der Waals surface area (Å²) < 4.78 is 10.5. The van der Waals surface area contributed by atoms with Crippen LogP contribution in [0.1, 0.15) is 12.5 Å². The van der Waals surface area contributed by atoms with Crippen molar-refractivity contribution < 1.29 is 9.47 Å². The molecule has 0 saturated carbocycles. The molecule has 116 valence electrons. The van der Waals surface area contributed by atoms with Crippen LogP contribution >= 0.6 is 12.2 Å². The first-order chi connectivity index (χ1) is 10.7. The first kappa shape index (κ1) is 16.1. The molecule has 22 heavy (non-hydrogen) atoms. The van der Waals surface area contributed by atoms with Gasteiger partial charge in [0.25, 0.3) is 0 Å². The monoisotopic (exact) mass is 316 g/mol. The molecule has 0 aromatic heterocycles. The summed E-state index contributed by atoms with van der Waals surface area (Å²) in [7, 11) is 1.66. The highest BCUT2D eigenvalue weighted by molar-refractivity contribution is 7.80. The highest BCUT2D eigenvalue weighted by Gasteiger charge is 2.00. The predicted octanol–water partition coefficient (Wildman–Crippen LogP) is 3.58. The third-order valence-electron chi connectivity index (χ3n) is 3.04. The van der Waals surface area contributed by atoms with Crippen LogP contribution in [-0.4, -0.2) is 18.8 Å². The predicted molar refractivity (Wildman–Crippen MR) is 93.7 cm³/mol. The van der Waals surface area contributed by atoms with Crippen LogP contribution in [0.2, 0.25) is 0 Å². The molecule has 0 aliphatic carbocycles. The smallest absolute Gasteiger partial charge is 0.171 e. The van der Waals surface area contributed by atoms with E-state index in [-0.39, 0.29) is 0 Å². The summed E-state index contributed by atoms with van der Waals surface area (Å²) >= 11 is 5.29. The number of thiocarbonyl (C=S) groups is 1. The lowest BCUT2D eigenvalue weighted by molar-refractivity contribution is 0.340. The molecule has 0 fully saturated rings. The topological polar surface area (TPSA) is 42.5 Å². The normalized spacial score (nSPS) is 9.91. The molecule has 0 aliphatic rings. The largest absolute Gasteiger partial charge is 0.497 e. The number of anilines is 1. The number of ether oxygens (including phenoxy) is 2. The van der Waals surface area contributed by atoms with E-state index in [1.807, 2.05) is 55.5 Å². The van der Waals surface area contributed by atoms with Gasteiger partial charge in [-0.3, -0.25) is 0 Å². The molecule has 0 aliphatic heterocycles. The fourth-order valence-corrected chi connectivity index (χ4v) is 2.09. The lowest BCUT2D eigenvalue weighted by atomic mass is 10.2. The van der Waals surface area contributed by atoms with E-state index in [2.05, 4.69) is 10.6 Å². The molecule has 5 heteroatoms. The van der Waals surface area contributed by atoms with Crippen molar-refractivity contribution in [2.24, 2.45) is 0 Å². The van der Waals surface area contributed by atoms with E-state index in [0.717, 1.165) is 22.7 Å². The number of methoxy groups -OCH3 is 1. The van der Waals surface area contributed by atoms with E-state index in [9.17, 15) is 0 Å². The van der Waals surface area contributed by atoms with Gasteiger partial charge in [0.15, 0.2) is 5.11 Å². The number of hydrogen-bond donors (Lipinski definition) is 2. The molecule has 0 heterocycles. The Morgan fingerprint density at radius 3 is 2.23 bits per heavy atom. The standard InChI is InChI=1S/C17H20N2O2S/c1-3-21-16-10-6-14(7-11-16)19-17(22)18-12-13-4-8-15(20-2)9-5-13/h4-11H,3,12H2,1-2H3,(H2,18,19,22). The van der Waals surface area contributed by atoms with Crippen LogP contribution in [0.4, 0.5) is 5.69 Å². The van der Waals surface area contributed by atoms with Crippen LogP contribution in [0.3, 0.4) is 0 Å². The summed E-state index contributed by atoms with van der Waals surface area (Å²) in [6.07, 6.45) is 0. The van der Waals surface area contributed by atoms with Crippen molar-refractivity contribution in [2.75, 3.05) is 19.0 Å². The van der Waals surface area contributed by atoms with E-state index >= 15 is 0 Å². The Hall–Kier alpha value is -2.27. The first-order valence-electron chi connectivity index (χ1n) is 7.12. The fourth-order valence-electron chi connectivity index (χ4n) is 1.90. The second-order valence-corrected chi connectivity index (χ2v) is 5.02. The van der Waals surface area contributed by atoms with E-state index in [1.54, 1.807) is 7.11 Å². The van der Waals surface area contributed by atoms with Gasteiger partial charge in [0.05, 0.1) is 13.7 Å². The van der Waals surface area contributed by atoms with E-state index in [1.165, 1.54) is 0 Å². The summed E-state index contributed by atoms with van der Waals surface area (Å²) in [4.78, 5) is 0. The van der Waals surface area contributed by atoms with Crippen molar-refractivity contribution >= 4 is 23.0 Å². The van der Waals surface area contributed by atoms with Gasteiger partial charge in [0.2, 0.25) is 0 Å². The van der Waals surface area contributed by atoms with Crippen LogP contribution in [0.5, 0.6) is 11.5 Å². The van der Waals surface area contributed by atoms with Crippen molar-refractivity contribution in [1.29, 1.82) is 0 Å². The lowest BCUT2D eigenvalue weighted by Gasteiger charge is -2.11. The van der Waals surface area contributed by atoms with Crippen LogP contribution in [0.15, 0.2) is 48.5 Å². The third-order valence-corrected chi connectivity index (χ3v) is 3.28. The first-order valence-corrected chi connectivity index (χ1v) is 7.52. The summed E-state index contributed by atoms with van der Waals surface area (Å²) in [5.74, 6) is 1.70. The van der Waals surface area contributed by atoms with Gasteiger partial charge in [-0.15, -0.1) is 0 Å². The quantitative estimate of drug-likeness (QED) is 0.797. The van der Waals surface area contributed by atoms with E-state index < -0.39 is 0 Å². The number of benzene rings is 2. The van der Waals surface area contributed by atoms with Crippen LogP contribution in [-0.2, 0) is 6.54 Å². The molecule has 0 spiro atoms. The molecule has 0 atom stereocenters. The molecule has 0 bridgehead atoms. The molecule has 2 rings (SSSR count). The molecule has 0 amide bonds. The minimum Gasteiger partial charge on any atom is -0.497 e. The van der Waals surface area contributed by atoms with Gasteiger partial charge in [-0.25, -0.2) is 0 Å². The van der Waals surface area contributed by atoms with Crippen molar-refractivity contribution in [2.45, 2.75) is 13.5 Å². The van der Waals surface area contributed by atoms with Gasteiger partial charge in [0, 0.05) is 12.2 Å². The second-order valence-electron chi connectivity index (χ2n) is 4.61. The Balaban J connectivity index is 1.81. The maximum atomic E-state index is 5.40. The molecule has 2 aromatic rings. The molecule has 2 aromatic carbocycles. The molecule has 2 N–H and O–H groups in total. The summed E-state index contributed by atoms with van der Waals surface area (Å²) in [6, 6.07) is 15.6. The second kappa shape index (κ2) is 8.24. The molecule has 0 saturated heterocycles. The summed E-state index contributed by atoms with van der Waals surface area (Å²) in [5, 5.41) is 6.90. The lowest BCUT2D eigenvalue weighted by Crippen LogP contribution is -2.27. The van der Waals surface area contributed by atoms with Crippen molar-refractivity contribution in [1.82, 2.24) is 5.32 Å². The van der Waals surface area contributed by atoms with Gasteiger partial charge in [-0.05, 0) is 61.1 Å². The SMILES string of the molecule is CCOc1ccc(NC(=S)NCc2ccc(OC)cc2)cc1.